The molecule has 1 rings (SSSR count). The van der Waals surface area contributed by atoms with E-state index in [1.165, 1.54) is 0 Å². The number of hydrogen-bond acceptors (Lipinski definition) is 3. The van der Waals surface area contributed by atoms with Gasteiger partial charge in [0.25, 0.3) is 0 Å². The van der Waals surface area contributed by atoms with Gasteiger partial charge < -0.3 is 4.74 Å². The summed E-state index contributed by atoms with van der Waals surface area (Å²) in [7, 11) is 0. The molecular formula is C14H17NO2. The lowest BCUT2D eigenvalue weighted by molar-refractivity contribution is -0.154. The fourth-order valence-corrected chi connectivity index (χ4v) is 1.48. The van der Waals surface area contributed by atoms with Crippen molar-refractivity contribution >= 4 is 5.97 Å². The molecule has 3 nitrogen and oxygen atoms in total. The molecule has 0 spiro atoms. The number of esters is 1. The summed E-state index contributed by atoms with van der Waals surface area (Å²) < 4.78 is 5.21. The first kappa shape index (κ1) is 13.2. The van der Waals surface area contributed by atoms with Gasteiger partial charge in [-0.05, 0) is 38.8 Å². The maximum Gasteiger partial charge on any atom is 0.306 e. The molecule has 0 aliphatic carbocycles. The van der Waals surface area contributed by atoms with E-state index in [4.69, 9.17) is 10.00 Å². The number of carbonyl (C=O) groups excluding carboxylic acids is 1. The molecule has 0 aliphatic rings. The Morgan fingerprint density at radius 1 is 1.35 bits per heavy atom. The average Bonchev–Trinajstić information content (AvgIpc) is 2.24. The lowest BCUT2D eigenvalue weighted by Gasteiger charge is -2.19. The zero-order valence-electron chi connectivity index (χ0n) is 10.5. The van der Waals surface area contributed by atoms with Crippen molar-refractivity contribution in [3.05, 3.63) is 35.4 Å². The van der Waals surface area contributed by atoms with Crippen molar-refractivity contribution in [1.82, 2.24) is 0 Å². The van der Waals surface area contributed by atoms with Gasteiger partial charge in [0.15, 0.2) is 0 Å². The van der Waals surface area contributed by atoms with E-state index < -0.39 is 5.60 Å². The molecular weight excluding hydrogens is 214 g/mol. The highest BCUT2D eigenvalue weighted by molar-refractivity contribution is 5.70. The molecule has 0 N–H and O–H groups in total. The average molecular weight is 231 g/mol. The zero-order valence-corrected chi connectivity index (χ0v) is 10.5. The summed E-state index contributed by atoms with van der Waals surface area (Å²) in [4.78, 5) is 11.5. The second-order valence-electron chi connectivity index (χ2n) is 4.86. The summed E-state index contributed by atoms with van der Waals surface area (Å²) >= 11 is 0. The summed E-state index contributed by atoms with van der Waals surface area (Å²) in [6, 6.07) is 9.42. The van der Waals surface area contributed by atoms with E-state index in [0.29, 0.717) is 18.4 Å². The molecule has 90 valence electrons. The summed E-state index contributed by atoms with van der Waals surface area (Å²) in [5.74, 6) is -0.231. The standard InChI is InChI=1S/C14H17NO2/c1-14(2,3)17-13(16)9-8-11-6-4-5-7-12(11)10-15/h4-7H,8-9H2,1-3H3. The number of nitriles is 1. The van der Waals surface area contributed by atoms with Gasteiger partial charge in [-0.15, -0.1) is 0 Å². The summed E-state index contributed by atoms with van der Waals surface area (Å²) in [6.07, 6.45) is 0.842. The highest BCUT2D eigenvalue weighted by Crippen LogP contribution is 2.13. The molecule has 0 radical (unpaired) electrons. The van der Waals surface area contributed by atoms with Gasteiger partial charge in [-0.1, -0.05) is 18.2 Å². The SMILES string of the molecule is CC(C)(C)OC(=O)CCc1ccccc1C#N. The first-order valence-electron chi connectivity index (χ1n) is 5.62. The van der Waals surface area contributed by atoms with E-state index in [2.05, 4.69) is 6.07 Å². The topological polar surface area (TPSA) is 50.1 Å². The molecule has 1 aromatic rings. The van der Waals surface area contributed by atoms with E-state index in [9.17, 15) is 4.79 Å². The van der Waals surface area contributed by atoms with E-state index in [1.807, 2.05) is 39.0 Å². The van der Waals surface area contributed by atoms with E-state index in [1.54, 1.807) is 6.07 Å². The number of benzene rings is 1. The third-order valence-electron chi connectivity index (χ3n) is 2.16. The quantitative estimate of drug-likeness (QED) is 0.751. The van der Waals surface area contributed by atoms with Crippen molar-refractivity contribution < 1.29 is 9.53 Å². The van der Waals surface area contributed by atoms with Crippen molar-refractivity contribution in [3.63, 3.8) is 0 Å². The van der Waals surface area contributed by atoms with Crippen LogP contribution in [0.4, 0.5) is 0 Å². The minimum Gasteiger partial charge on any atom is -0.460 e. The van der Waals surface area contributed by atoms with Gasteiger partial charge in [-0.25, -0.2) is 0 Å². The predicted octanol–water partition coefficient (Wildman–Crippen LogP) is 2.83. The molecule has 3 heteroatoms. The first-order chi connectivity index (χ1) is 7.92. The van der Waals surface area contributed by atoms with E-state index in [-0.39, 0.29) is 5.97 Å². The van der Waals surface area contributed by atoms with Crippen LogP contribution < -0.4 is 0 Å². The van der Waals surface area contributed by atoms with Gasteiger partial charge in [-0.3, -0.25) is 4.79 Å². The number of carbonyl (C=O) groups is 1. The molecule has 0 saturated heterocycles. The molecule has 0 saturated carbocycles. The normalized spacial score (nSPS) is 10.7. The molecule has 17 heavy (non-hydrogen) atoms. The van der Waals surface area contributed by atoms with Crippen molar-refractivity contribution in [2.45, 2.75) is 39.2 Å². The van der Waals surface area contributed by atoms with Crippen molar-refractivity contribution in [2.24, 2.45) is 0 Å². The van der Waals surface area contributed by atoms with Gasteiger partial charge in [0.2, 0.25) is 0 Å². The van der Waals surface area contributed by atoms with Crippen LogP contribution in [0.1, 0.15) is 38.3 Å². The Balaban J connectivity index is 2.57. The maximum atomic E-state index is 11.5. The second-order valence-corrected chi connectivity index (χ2v) is 4.86. The van der Waals surface area contributed by atoms with Crippen molar-refractivity contribution in [3.8, 4) is 6.07 Å². The Hall–Kier alpha value is -1.82. The fourth-order valence-electron chi connectivity index (χ4n) is 1.48. The number of ether oxygens (including phenoxy) is 1. The van der Waals surface area contributed by atoms with Crippen LogP contribution in [-0.2, 0) is 16.0 Å². The highest BCUT2D eigenvalue weighted by Gasteiger charge is 2.16. The van der Waals surface area contributed by atoms with Gasteiger partial charge >= 0.3 is 5.97 Å². The van der Waals surface area contributed by atoms with Crippen LogP contribution in [0.5, 0.6) is 0 Å². The minimum absolute atomic E-state index is 0.231. The monoisotopic (exact) mass is 231 g/mol. The zero-order chi connectivity index (χ0) is 12.9. The molecule has 0 heterocycles. The minimum atomic E-state index is -0.453. The van der Waals surface area contributed by atoms with Crippen LogP contribution in [0.2, 0.25) is 0 Å². The van der Waals surface area contributed by atoms with Crippen LogP contribution >= 0.6 is 0 Å². The summed E-state index contributed by atoms with van der Waals surface area (Å²) in [5.41, 5.74) is 1.06. The van der Waals surface area contributed by atoms with Gasteiger partial charge in [0.1, 0.15) is 5.60 Å². The van der Waals surface area contributed by atoms with Crippen LogP contribution in [0, 0.1) is 11.3 Å². The molecule has 1 aromatic carbocycles. The Kier molecular flexibility index (Phi) is 4.28. The lowest BCUT2D eigenvalue weighted by atomic mass is 10.0. The predicted molar refractivity (Wildman–Crippen MR) is 65.3 cm³/mol. The fraction of sp³-hybridized carbons (Fsp3) is 0.429. The number of hydrogen-bond donors (Lipinski definition) is 0. The lowest BCUT2D eigenvalue weighted by Crippen LogP contribution is -2.24. The maximum absolute atomic E-state index is 11.5. The molecule has 0 amide bonds. The third kappa shape index (κ3) is 4.69. The van der Waals surface area contributed by atoms with Gasteiger partial charge in [0.05, 0.1) is 11.6 Å². The highest BCUT2D eigenvalue weighted by atomic mass is 16.6. The second kappa shape index (κ2) is 5.49. The van der Waals surface area contributed by atoms with Crippen LogP contribution in [0.25, 0.3) is 0 Å². The molecule has 0 aliphatic heterocycles. The van der Waals surface area contributed by atoms with E-state index >= 15 is 0 Å². The summed E-state index contributed by atoms with van der Waals surface area (Å²) in [5, 5.41) is 8.90. The number of aryl methyl sites for hydroxylation is 1. The van der Waals surface area contributed by atoms with Gasteiger partial charge in [0, 0.05) is 6.42 Å². The Morgan fingerprint density at radius 2 is 2.00 bits per heavy atom. The molecule has 0 atom stereocenters. The Morgan fingerprint density at radius 3 is 2.59 bits per heavy atom. The van der Waals surface area contributed by atoms with Crippen molar-refractivity contribution in [1.29, 1.82) is 5.26 Å². The van der Waals surface area contributed by atoms with Crippen LogP contribution in [0.15, 0.2) is 24.3 Å². The number of rotatable bonds is 3. The van der Waals surface area contributed by atoms with Crippen molar-refractivity contribution in [2.75, 3.05) is 0 Å². The Labute approximate surface area is 102 Å². The largest absolute Gasteiger partial charge is 0.460 e. The smallest absolute Gasteiger partial charge is 0.306 e. The number of nitrogens with zero attached hydrogens (tertiary/aromatic N) is 1. The van der Waals surface area contributed by atoms with E-state index in [0.717, 1.165) is 5.56 Å². The first-order valence-corrected chi connectivity index (χ1v) is 5.62. The Bertz CT molecular complexity index is 438. The third-order valence-corrected chi connectivity index (χ3v) is 2.16. The summed E-state index contributed by atoms with van der Waals surface area (Å²) in [6.45, 7) is 5.52. The van der Waals surface area contributed by atoms with Crippen LogP contribution in [-0.4, -0.2) is 11.6 Å². The van der Waals surface area contributed by atoms with Gasteiger partial charge in [-0.2, -0.15) is 5.26 Å². The molecule has 0 bridgehead atoms. The molecule has 0 fully saturated rings. The molecule has 0 aromatic heterocycles. The van der Waals surface area contributed by atoms with Crippen LogP contribution in [0.3, 0.4) is 0 Å². The molecule has 0 unspecified atom stereocenters.